The molecule has 1 nitrogen and oxygen atoms in total. The molecular weight excluding hydrogens is 218 g/mol. The molecule has 2 rings (SSSR count). The van der Waals surface area contributed by atoms with Crippen molar-refractivity contribution in [2.45, 2.75) is 26.3 Å². The van der Waals surface area contributed by atoms with Gasteiger partial charge in [0, 0.05) is 17.8 Å². The summed E-state index contributed by atoms with van der Waals surface area (Å²) < 4.78 is 0. The lowest BCUT2D eigenvalue weighted by molar-refractivity contribution is 0.333. The van der Waals surface area contributed by atoms with Crippen LogP contribution in [0.15, 0.2) is 55.1 Å². The van der Waals surface area contributed by atoms with Gasteiger partial charge in [0.05, 0.1) is 6.04 Å². The molecule has 0 radical (unpaired) electrons. The van der Waals surface area contributed by atoms with Gasteiger partial charge in [-0.25, -0.2) is 0 Å². The van der Waals surface area contributed by atoms with Crippen molar-refractivity contribution in [1.29, 1.82) is 0 Å². The molecule has 1 aliphatic rings. The first-order valence-electron chi connectivity index (χ1n) is 6.55. The van der Waals surface area contributed by atoms with E-state index in [2.05, 4.69) is 62.2 Å². The van der Waals surface area contributed by atoms with Gasteiger partial charge in [-0.1, -0.05) is 49.6 Å². The average Bonchev–Trinajstić information content (AvgIpc) is 2.41. The number of fused-ring (bicyclic) bond motifs is 1. The molecule has 0 aromatic heterocycles. The first-order chi connectivity index (χ1) is 8.72. The second-order valence-corrected chi connectivity index (χ2v) is 4.60. The predicted octanol–water partition coefficient (Wildman–Crippen LogP) is 4.04. The highest BCUT2D eigenvalue weighted by molar-refractivity contribution is 5.68. The van der Waals surface area contributed by atoms with Crippen LogP contribution in [-0.2, 0) is 6.42 Å². The highest BCUT2D eigenvalue weighted by Crippen LogP contribution is 2.33. The molecule has 0 aliphatic carbocycles. The molecule has 18 heavy (non-hydrogen) atoms. The standard InChI is InChI=1S/C17H21N/c1-5-14(6-2)17-12-15-10-8-9-11-16(15)13(4)18(17)7-3/h5-6,8-11,17H,1,4,7,12H2,2-3H3/b14-6+. The Morgan fingerprint density at radius 2 is 2.17 bits per heavy atom. The Labute approximate surface area is 110 Å². The molecule has 1 aromatic rings. The Morgan fingerprint density at radius 3 is 2.78 bits per heavy atom. The highest BCUT2D eigenvalue weighted by Gasteiger charge is 2.28. The molecule has 0 saturated heterocycles. The largest absolute Gasteiger partial charge is 0.364 e. The summed E-state index contributed by atoms with van der Waals surface area (Å²) in [6.45, 7) is 13.4. The molecule has 1 aromatic carbocycles. The third-order valence-corrected chi connectivity index (χ3v) is 3.76. The maximum absolute atomic E-state index is 4.27. The lowest BCUT2D eigenvalue weighted by atomic mass is 9.88. The number of benzene rings is 1. The smallest absolute Gasteiger partial charge is 0.0579 e. The number of likely N-dealkylation sites (N-methyl/N-ethyl adjacent to an activating group) is 1. The van der Waals surface area contributed by atoms with Crippen LogP contribution in [0.1, 0.15) is 25.0 Å². The van der Waals surface area contributed by atoms with Crippen molar-refractivity contribution >= 4 is 5.70 Å². The van der Waals surface area contributed by atoms with Crippen molar-refractivity contribution in [3.05, 3.63) is 66.3 Å². The molecule has 1 unspecified atom stereocenters. The van der Waals surface area contributed by atoms with Gasteiger partial charge in [0.25, 0.3) is 0 Å². The van der Waals surface area contributed by atoms with Crippen molar-refractivity contribution in [2.24, 2.45) is 0 Å². The molecule has 94 valence electrons. The minimum atomic E-state index is 0.375. The monoisotopic (exact) mass is 239 g/mol. The molecular formula is C17H21N. The van der Waals surface area contributed by atoms with Gasteiger partial charge in [0.2, 0.25) is 0 Å². The van der Waals surface area contributed by atoms with Crippen LogP contribution in [0.3, 0.4) is 0 Å². The highest BCUT2D eigenvalue weighted by atomic mass is 15.2. The topological polar surface area (TPSA) is 3.24 Å². The molecule has 0 saturated carbocycles. The molecule has 0 amide bonds. The van der Waals surface area contributed by atoms with Gasteiger partial charge in [0.1, 0.15) is 0 Å². The summed E-state index contributed by atoms with van der Waals surface area (Å²) in [4.78, 5) is 2.37. The van der Waals surface area contributed by atoms with E-state index >= 15 is 0 Å². The van der Waals surface area contributed by atoms with Gasteiger partial charge in [0.15, 0.2) is 0 Å². The second-order valence-electron chi connectivity index (χ2n) is 4.60. The van der Waals surface area contributed by atoms with Gasteiger partial charge < -0.3 is 4.90 Å². The molecule has 0 spiro atoms. The van der Waals surface area contributed by atoms with Crippen LogP contribution in [0.2, 0.25) is 0 Å². The number of hydrogen-bond donors (Lipinski definition) is 0. The average molecular weight is 239 g/mol. The lowest BCUT2D eigenvalue weighted by Gasteiger charge is -2.40. The second kappa shape index (κ2) is 5.26. The number of hydrogen-bond acceptors (Lipinski definition) is 1. The Hall–Kier alpha value is -1.76. The zero-order valence-electron chi connectivity index (χ0n) is 11.3. The first-order valence-corrected chi connectivity index (χ1v) is 6.55. The van der Waals surface area contributed by atoms with Crippen molar-refractivity contribution in [3.63, 3.8) is 0 Å². The van der Waals surface area contributed by atoms with Crippen LogP contribution in [0.25, 0.3) is 5.70 Å². The zero-order chi connectivity index (χ0) is 13.1. The first kappa shape index (κ1) is 12.7. The normalized spacial score (nSPS) is 19.7. The summed E-state index contributed by atoms with van der Waals surface area (Å²) in [5.41, 5.74) is 5.09. The van der Waals surface area contributed by atoms with Crippen LogP contribution in [-0.4, -0.2) is 17.5 Å². The van der Waals surface area contributed by atoms with Crippen molar-refractivity contribution in [3.8, 4) is 0 Å². The lowest BCUT2D eigenvalue weighted by Crippen LogP contribution is -2.39. The zero-order valence-corrected chi connectivity index (χ0v) is 11.3. The number of rotatable bonds is 3. The molecule has 1 heteroatoms. The number of allylic oxidation sites excluding steroid dienone is 1. The minimum Gasteiger partial charge on any atom is -0.364 e. The summed E-state index contributed by atoms with van der Waals surface area (Å²) in [6, 6.07) is 8.94. The van der Waals surface area contributed by atoms with Crippen molar-refractivity contribution in [1.82, 2.24) is 4.90 Å². The predicted molar refractivity (Wildman–Crippen MR) is 79.3 cm³/mol. The van der Waals surface area contributed by atoms with E-state index in [-0.39, 0.29) is 0 Å². The maximum Gasteiger partial charge on any atom is 0.0579 e. The fourth-order valence-electron chi connectivity index (χ4n) is 2.80. The molecule has 0 fully saturated rings. The SMILES string of the molecule is C=C/C(=C\C)C1Cc2ccccc2C(=C)N1CC. The van der Waals surface area contributed by atoms with E-state index in [0.29, 0.717) is 6.04 Å². The van der Waals surface area contributed by atoms with E-state index in [1.807, 2.05) is 6.08 Å². The van der Waals surface area contributed by atoms with E-state index in [4.69, 9.17) is 0 Å². The Kier molecular flexibility index (Phi) is 3.71. The third kappa shape index (κ3) is 2.01. The van der Waals surface area contributed by atoms with Gasteiger partial charge in [-0.3, -0.25) is 0 Å². The van der Waals surface area contributed by atoms with Crippen LogP contribution in [0, 0.1) is 0 Å². The van der Waals surface area contributed by atoms with E-state index in [1.165, 1.54) is 16.7 Å². The van der Waals surface area contributed by atoms with E-state index in [9.17, 15) is 0 Å². The van der Waals surface area contributed by atoms with Crippen LogP contribution in [0.4, 0.5) is 0 Å². The molecule has 0 bridgehead atoms. The Bertz CT molecular complexity index is 496. The van der Waals surface area contributed by atoms with Crippen molar-refractivity contribution in [2.75, 3.05) is 6.54 Å². The maximum atomic E-state index is 4.27. The minimum absolute atomic E-state index is 0.375. The van der Waals surface area contributed by atoms with Gasteiger partial charge in [-0.15, -0.1) is 0 Å². The summed E-state index contributed by atoms with van der Waals surface area (Å²) in [5, 5.41) is 0. The fourth-order valence-corrected chi connectivity index (χ4v) is 2.80. The molecule has 0 N–H and O–H groups in total. The molecule has 1 heterocycles. The molecule has 1 atom stereocenters. The summed E-state index contributed by atoms with van der Waals surface area (Å²) in [7, 11) is 0. The van der Waals surface area contributed by atoms with Gasteiger partial charge in [-0.05, 0) is 31.4 Å². The Balaban J connectivity index is 2.46. The third-order valence-electron chi connectivity index (χ3n) is 3.76. The van der Waals surface area contributed by atoms with E-state index in [1.54, 1.807) is 0 Å². The van der Waals surface area contributed by atoms with E-state index in [0.717, 1.165) is 18.7 Å². The summed E-state index contributed by atoms with van der Waals surface area (Å²) >= 11 is 0. The summed E-state index contributed by atoms with van der Waals surface area (Å²) in [5.74, 6) is 0. The number of nitrogens with zero attached hydrogens (tertiary/aromatic N) is 1. The quantitative estimate of drug-likeness (QED) is 0.720. The van der Waals surface area contributed by atoms with Gasteiger partial charge in [-0.2, -0.15) is 0 Å². The van der Waals surface area contributed by atoms with Crippen LogP contribution < -0.4 is 0 Å². The van der Waals surface area contributed by atoms with Crippen LogP contribution in [0.5, 0.6) is 0 Å². The summed E-state index contributed by atoms with van der Waals surface area (Å²) in [6.07, 6.45) is 5.16. The van der Waals surface area contributed by atoms with E-state index < -0.39 is 0 Å². The van der Waals surface area contributed by atoms with Crippen molar-refractivity contribution < 1.29 is 0 Å². The molecule has 1 aliphatic heterocycles. The van der Waals surface area contributed by atoms with Gasteiger partial charge >= 0.3 is 0 Å². The fraction of sp³-hybridized carbons (Fsp3) is 0.294. The Morgan fingerprint density at radius 1 is 1.44 bits per heavy atom. The van der Waals surface area contributed by atoms with Crippen LogP contribution >= 0.6 is 0 Å².